The first kappa shape index (κ1) is 11.4. The summed E-state index contributed by atoms with van der Waals surface area (Å²) < 4.78 is 10.8. The fourth-order valence-electron chi connectivity index (χ4n) is 1.70. The number of aldehydes is 1. The average Bonchev–Trinajstić information content (AvgIpc) is 2.34. The Morgan fingerprint density at radius 3 is 2.94 bits per heavy atom. The Kier molecular flexibility index (Phi) is 2.99. The van der Waals surface area contributed by atoms with Crippen molar-refractivity contribution in [2.45, 2.75) is 6.92 Å². The topological polar surface area (TPSA) is 55.8 Å². The maximum atomic E-state index is 11.5. The van der Waals surface area contributed by atoms with Crippen LogP contribution >= 0.6 is 0 Å². The summed E-state index contributed by atoms with van der Waals surface area (Å²) in [6, 6.07) is 3.22. The van der Waals surface area contributed by atoms with Crippen LogP contribution in [0.25, 0.3) is 0 Å². The van der Waals surface area contributed by atoms with Gasteiger partial charge >= 0.3 is 0 Å². The summed E-state index contributed by atoms with van der Waals surface area (Å²) in [7, 11) is 1.65. The van der Waals surface area contributed by atoms with Gasteiger partial charge in [-0.25, -0.2) is 0 Å². The van der Waals surface area contributed by atoms with E-state index >= 15 is 0 Å². The zero-order valence-corrected chi connectivity index (χ0v) is 9.73. The van der Waals surface area contributed by atoms with E-state index in [9.17, 15) is 9.59 Å². The number of hydrogen-bond acceptors (Lipinski definition) is 4. The molecule has 0 fully saturated rings. The van der Waals surface area contributed by atoms with E-state index in [1.54, 1.807) is 19.2 Å². The normalized spacial score (nSPS) is 14.0. The van der Waals surface area contributed by atoms with Crippen LogP contribution in [0.1, 0.15) is 17.3 Å². The first-order valence-electron chi connectivity index (χ1n) is 5.32. The summed E-state index contributed by atoms with van der Waals surface area (Å²) >= 11 is 0. The SMILES string of the molecule is CCOc1cc(C=O)cc2c1OCC(=O)N2C. The summed E-state index contributed by atoms with van der Waals surface area (Å²) in [5.41, 5.74) is 1.02. The highest BCUT2D eigenvalue weighted by Crippen LogP contribution is 2.40. The molecule has 0 saturated heterocycles. The maximum Gasteiger partial charge on any atom is 0.264 e. The van der Waals surface area contributed by atoms with Gasteiger partial charge < -0.3 is 14.4 Å². The minimum absolute atomic E-state index is 0.00991. The fourth-order valence-corrected chi connectivity index (χ4v) is 1.70. The van der Waals surface area contributed by atoms with Gasteiger partial charge in [-0.2, -0.15) is 0 Å². The van der Waals surface area contributed by atoms with Crippen molar-refractivity contribution in [2.75, 3.05) is 25.2 Å². The summed E-state index contributed by atoms with van der Waals surface area (Å²) in [4.78, 5) is 23.8. The number of carbonyl (C=O) groups excluding carboxylic acids is 2. The number of anilines is 1. The largest absolute Gasteiger partial charge is 0.490 e. The number of rotatable bonds is 3. The van der Waals surface area contributed by atoms with Crippen molar-refractivity contribution in [1.29, 1.82) is 0 Å². The van der Waals surface area contributed by atoms with Crippen molar-refractivity contribution in [1.82, 2.24) is 0 Å². The van der Waals surface area contributed by atoms with Crippen LogP contribution in [0.2, 0.25) is 0 Å². The molecule has 0 bridgehead atoms. The molecule has 90 valence electrons. The van der Waals surface area contributed by atoms with Crippen LogP contribution in [0.15, 0.2) is 12.1 Å². The van der Waals surface area contributed by atoms with Crippen LogP contribution in [0, 0.1) is 0 Å². The van der Waals surface area contributed by atoms with E-state index in [1.165, 1.54) is 4.90 Å². The Bertz CT molecular complexity index is 470. The molecule has 1 aliphatic heterocycles. The first-order chi connectivity index (χ1) is 8.17. The lowest BCUT2D eigenvalue weighted by Gasteiger charge is -2.27. The second-order valence-corrected chi connectivity index (χ2v) is 3.66. The summed E-state index contributed by atoms with van der Waals surface area (Å²) in [5.74, 6) is 0.856. The van der Waals surface area contributed by atoms with Crippen molar-refractivity contribution < 1.29 is 19.1 Å². The Hall–Kier alpha value is -2.04. The summed E-state index contributed by atoms with van der Waals surface area (Å²) in [5, 5.41) is 0. The molecule has 1 amide bonds. The van der Waals surface area contributed by atoms with Crippen LogP contribution in [0.5, 0.6) is 11.5 Å². The quantitative estimate of drug-likeness (QED) is 0.740. The molecule has 0 spiro atoms. The molecule has 0 radical (unpaired) electrons. The van der Waals surface area contributed by atoms with Crippen molar-refractivity contribution in [2.24, 2.45) is 0 Å². The molecular weight excluding hydrogens is 222 g/mol. The highest BCUT2D eigenvalue weighted by Gasteiger charge is 2.26. The highest BCUT2D eigenvalue weighted by atomic mass is 16.5. The minimum atomic E-state index is -0.150. The third-order valence-corrected chi connectivity index (χ3v) is 2.57. The number of carbonyl (C=O) groups is 2. The lowest BCUT2D eigenvalue weighted by atomic mass is 10.1. The van der Waals surface area contributed by atoms with Crippen LogP contribution in [-0.4, -0.2) is 32.5 Å². The third-order valence-electron chi connectivity index (χ3n) is 2.57. The Labute approximate surface area is 98.9 Å². The zero-order valence-electron chi connectivity index (χ0n) is 9.73. The molecule has 0 aromatic heterocycles. The third kappa shape index (κ3) is 1.95. The highest BCUT2D eigenvalue weighted by molar-refractivity contribution is 5.99. The first-order valence-corrected chi connectivity index (χ1v) is 5.32. The lowest BCUT2D eigenvalue weighted by Crippen LogP contribution is -2.35. The molecule has 0 unspecified atom stereocenters. The molecule has 5 heteroatoms. The van der Waals surface area contributed by atoms with Crippen LogP contribution in [-0.2, 0) is 4.79 Å². The Balaban J connectivity index is 2.55. The van der Waals surface area contributed by atoms with Crippen LogP contribution in [0.4, 0.5) is 5.69 Å². The van der Waals surface area contributed by atoms with Crippen molar-refractivity contribution in [3.8, 4) is 11.5 Å². The number of likely N-dealkylation sites (N-methyl/N-ethyl adjacent to an activating group) is 1. The van der Waals surface area contributed by atoms with Gasteiger partial charge in [-0.1, -0.05) is 0 Å². The predicted molar refractivity (Wildman–Crippen MR) is 61.9 cm³/mol. The summed E-state index contributed by atoms with van der Waals surface area (Å²) in [6.45, 7) is 2.30. The number of fused-ring (bicyclic) bond motifs is 1. The Morgan fingerprint density at radius 2 is 2.29 bits per heavy atom. The van der Waals surface area contributed by atoms with E-state index < -0.39 is 0 Å². The van der Waals surface area contributed by atoms with Crippen LogP contribution in [0.3, 0.4) is 0 Å². The monoisotopic (exact) mass is 235 g/mol. The van der Waals surface area contributed by atoms with E-state index in [0.717, 1.165) is 6.29 Å². The number of ether oxygens (including phenoxy) is 2. The molecule has 1 aromatic carbocycles. The van der Waals surface area contributed by atoms with E-state index in [2.05, 4.69) is 0 Å². The van der Waals surface area contributed by atoms with E-state index in [4.69, 9.17) is 9.47 Å². The number of nitrogens with zero attached hydrogens (tertiary/aromatic N) is 1. The van der Waals surface area contributed by atoms with Gasteiger partial charge in [0.15, 0.2) is 18.1 Å². The maximum absolute atomic E-state index is 11.5. The second-order valence-electron chi connectivity index (χ2n) is 3.66. The van der Waals surface area contributed by atoms with Gasteiger partial charge in [0.1, 0.15) is 6.29 Å². The van der Waals surface area contributed by atoms with E-state index in [-0.39, 0.29) is 12.5 Å². The van der Waals surface area contributed by atoms with Gasteiger partial charge in [0.2, 0.25) is 0 Å². The van der Waals surface area contributed by atoms with Gasteiger partial charge in [-0.15, -0.1) is 0 Å². The number of amides is 1. The fraction of sp³-hybridized carbons (Fsp3) is 0.333. The predicted octanol–water partition coefficient (Wildman–Crippen LogP) is 1.25. The molecule has 0 saturated carbocycles. The molecule has 1 aliphatic rings. The molecular formula is C12H13NO4. The lowest BCUT2D eigenvalue weighted by molar-refractivity contribution is -0.121. The van der Waals surface area contributed by atoms with Gasteiger partial charge in [0.05, 0.1) is 12.3 Å². The molecule has 0 aliphatic carbocycles. The molecule has 17 heavy (non-hydrogen) atoms. The average molecular weight is 235 g/mol. The molecule has 2 rings (SSSR count). The number of hydrogen-bond donors (Lipinski definition) is 0. The minimum Gasteiger partial charge on any atom is -0.490 e. The van der Waals surface area contributed by atoms with Gasteiger partial charge in [0.25, 0.3) is 5.91 Å². The van der Waals surface area contributed by atoms with E-state index in [1.807, 2.05) is 6.92 Å². The second kappa shape index (κ2) is 4.45. The Morgan fingerprint density at radius 1 is 1.53 bits per heavy atom. The van der Waals surface area contributed by atoms with Crippen molar-refractivity contribution in [3.05, 3.63) is 17.7 Å². The molecule has 1 aromatic rings. The molecule has 5 nitrogen and oxygen atoms in total. The van der Waals surface area contributed by atoms with Crippen molar-refractivity contribution in [3.63, 3.8) is 0 Å². The molecule has 1 heterocycles. The standard InChI is InChI=1S/C12H13NO4/c1-3-16-10-5-8(6-14)4-9-12(10)17-7-11(15)13(9)2/h4-6H,3,7H2,1-2H3. The smallest absolute Gasteiger partial charge is 0.264 e. The van der Waals surface area contributed by atoms with Crippen LogP contribution < -0.4 is 14.4 Å². The van der Waals surface area contributed by atoms with Gasteiger partial charge in [0, 0.05) is 12.6 Å². The molecule has 0 atom stereocenters. The van der Waals surface area contributed by atoms with Crippen molar-refractivity contribution >= 4 is 17.9 Å². The number of benzene rings is 1. The zero-order chi connectivity index (χ0) is 12.4. The molecule has 0 N–H and O–H groups in total. The van der Waals surface area contributed by atoms with Gasteiger partial charge in [-0.05, 0) is 19.1 Å². The van der Waals surface area contributed by atoms with E-state index in [0.29, 0.717) is 29.4 Å². The van der Waals surface area contributed by atoms with Gasteiger partial charge in [-0.3, -0.25) is 9.59 Å². The summed E-state index contributed by atoms with van der Waals surface area (Å²) in [6.07, 6.45) is 0.718.